The molecule has 0 saturated heterocycles. The van der Waals surface area contributed by atoms with Crippen molar-refractivity contribution < 1.29 is 9.53 Å². The Morgan fingerprint density at radius 2 is 2.10 bits per heavy atom. The summed E-state index contributed by atoms with van der Waals surface area (Å²) in [7, 11) is 4.09. The molecule has 0 aliphatic carbocycles. The van der Waals surface area contributed by atoms with Crippen LogP contribution in [-0.2, 0) is 0 Å². The normalized spacial score (nSPS) is 11.2. The highest BCUT2D eigenvalue weighted by atomic mass is 32.1. The van der Waals surface area contributed by atoms with Gasteiger partial charge in [0.2, 0.25) is 0 Å². The average molecular weight is 299 g/mol. The lowest BCUT2D eigenvalue weighted by Crippen LogP contribution is -2.16. The van der Waals surface area contributed by atoms with Crippen LogP contribution in [0.1, 0.15) is 36.9 Å². The van der Waals surface area contributed by atoms with Crippen LogP contribution in [0.3, 0.4) is 0 Å². The van der Waals surface area contributed by atoms with E-state index in [1.807, 2.05) is 27.9 Å². The molecule has 20 heavy (non-hydrogen) atoms. The van der Waals surface area contributed by atoms with Crippen molar-refractivity contribution >= 4 is 27.8 Å². The molecule has 0 radical (unpaired) electrons. The maximum Gasteiger partial charge on any atom is 0.177 e. The van der Waals surface area contributed by atoms with Crippen LogP contribution in [0.2, 0.25) is 0 Å². The van der Waals surface area contributed by atoms with Crippen LogP contribution in [0.15, 0.2) is 0 Å². The molecule has 0 bridgehead atoms. The number of nitrogens with zero attached hydrogens (tertiary/aromatic N) is 1. The van der Waals surface area contributed by atoms with Gasteiger partial charge in [0, 0.05) is 13.5 Å². The molecule has 6 heteroatoms. The Morgan fingerprint density at radius 1 is 1.45 bits per heavy atom. The summed E-state index contributed by atoms with van der Waals surface area (Å²) in [6, 6.07) is 0. The van der Waals surface area contributed by atoms with Crippen LogP contribution in [-0.4, -0.2) is 44.0 Å². The third kappa shape index (κ3) is 4.68. The zero-order valence-electron chi connectivity index (χ0n) is 12.9. The van der Waals surface area contributed by atoms with Crippen molar-refractivity contribution in [2.24, 2.45) is 0 Å². The average Bonchev–Trinajstić information content (AvgIpc) is 2.62. The largest absolute Gasteiger partial charge is 0.486 e. The molecule has 0 aliphatic rings. The summed E-state index contributed by atoms with van der Waals surface area (Å²) >= 11 is 1.37. The van der Waals surface area contributed by atoms with Gasteiger partial charge < -0.3 is 20.7 Å². The number of ether oxygens (including phenoxy) is 1. The van der Waals surface area contributed by atoms with Crippen LogP contribution in [0.4, 0.5) is 10.7 Å². The van der Waals surface area contributed by atoms with Crippen molar-refractivity contribution in [3.8, 4) is 5.75 Å². The van der Waals surface area contributed by atoms with Gasteiger partial charge in [0.15, 0.2) is 11.5 Å². The summed E-state index contributed by atoms with van der Waals surface area (Å²) in [5.41, 5.74) is 6.47. The quantitative estimate of drug-likeness (QED) is 0.570. The number of Topliss-reactive ketones (excluding diaryl/α,β-unsaturated/α-hetero) is 1. The molecule has 0 spiro atoms. The van der Waals surface area contributed by atoms with Crippen molar-refractivity contribution in [1.82, 2.24) is 4.90 Å². The third-order valence-electron chi connectivity index (χ3n) is 2.64. The second-order valence-electron chi connectivity index (χ2n) is 5.31. The SMILES string of the molecule is CC(=O)c1sc(NCCCN(C)C)c(OC(C)C)c1N. The highest BCUT2D eigenvalue weighted by Gasteiger charge is 2.20. The summed E-state index contributed by atoms with van der Waals surface area (Å²) in [5.74, 6) is 0.586. The molecule has 0 amide bonds. The Hall–Kier alpha value is -1.27. The molecule has 1 heterocycles. The number of nitrogen functional groups attached to an aromatic ring is 1. The minimum absolute atomic E-state index is 0.0223. The maximum absolute atomic E-state index is 11.6. The highest BCUT2D eigenvalue weighted by molar-refractivity contribution is 7.19. The second kappa shape index (κ2) is 7.50. The van der Waals surface area contributed by atoms with Crippen molar-refractivity contribution in [3.63, 3.8) is 0 Å². The van der Waals surface area contributed by atoms with Crippen LogP contribution in [0.25, 0.3) is 0 Å². The zero-order valence-corrected chi connectivity index (χ0v) is 13.8. The number of carbonyl (C=O) groups excluding carboxylic acids is 1. The molecule has 114 valence electrons. The molecule has 0 fully saturated rings. The Morgan fingerprint density at radius 3 is 2.60 bits per heavy atom. The maximum atomic E-state index is 11.6. The van der Waals surface area contributed by atoms with Crippen LogP contribution in [0, 0.1) is 0 Å². The lowest BCUT2D eigenvalue weighted by Gasteiger charge is -2.13. The molecule has 0 aromatic carbocycles. The summed E-state index contributed by atoms with van der Waals surface area (Å²) in [4.78, 5) is 14.3. The first-order chi connectivity index (χ1) is 9.32. The Kier molecular flexibility index (Phi) is 6.29. The standard InChI is InChI=1S/C14H25N3O2S/c1-9(2)19-12-11(15)13(10(3)18)20-14(12)16-7-6-8-17(4)5/h9,16H,6-8,15H2,1-5H3. The summed E-state index contributed by atoms with van der Waals surface area (Å²) in [5, 5.41) is 4.17. The lowest BCUT2D eigenvalue weighted by molar-refractivity contribution is 0.102. The van der Waals surface area contributed by atoms with Gasteiger partial charge in [-0.2, -0.15) is 0 Å². The van der Waals surface area contributed by atoms with Crippen molar-refractivity contribution in [1.29, 1.82) is 0 Å². The highest BCUT2D eigenvalue weighted by Crippen LogP contribution is 2.43. The third-order valence-corrected chi connectivity index (χ3v) is 3.89. The van der Waals surface area contributed by atoms with E-state index in [1.54, 1.807) is 0 Å². The van der Waals surface area contributed by atoms with Gasteiger partial charge >= 0.3 is 0 Å². The van der Waals surface area contributed by atoms with E-state index >= 15 is 0 Å². The van der Waals surface area contributed by atoms with E-state index < -0.39 is 0 Å². The summed E-state index contributed by atoms with van der Waals surface area (Å²) < 4.78 is 5.75. The minimum atomic E-state index is -0.0255. The van der Waals surface area contributed by atoms with E-state index in [0.717, 1.165) is 24.5 Å². The van der Waals surface area contributed by atoms with Crippen molar-refractivity contribution in [3.05, 3.63) is 4.88 Å². The van der Waals surface area contributed by atoms with Gasteiger partial charge in [-0.3, -0.25) is 4.79 Å². The number of nitrogens with one attached hydrogen (secondary N) is 1. The molecular formula is C14H25N3O2S. The van der Waals surface area contributed by atoms with E-state index in [-0.39, 0.29) is 11.9 Å². The topological polar surface area (TPSA) is 67.6 Å². The van der Waals surface area contributed by atoms with Gasteiger partial charge in [-0.1, -0.05) is 0 Å². The first kappa shape index (κ1) is 16.8. The van der Waals surface area contributed by atoms with Crippen LogP contribution < -0.4 is 15.8 Å². The smallest absolute Gasteiger partial charge is 0.177 e. The Balaban J connectivity index is 2.81. The number of rotatable bonds is 8. The number of hydrogen-bond acceptors (Lipinski definition) is 6. The van der Waals surface area contributed by atoms with E-state index in [9.17, 15) is 4.79 Å². The minimum Gasteiger partial charge on any atom is -0.486 e. The van der Waals surface area contributed by atoms with Gasteiger partial charge in [-0.25, -0.2) is 0 Å². The molecule has 1 rings (SSSR count). The van der Waals surface area contributed by atoms with Crippen LogP contribution in [0.5, 0.6) is 5.75 Å². The van der Waals surface area contributed by atoms with Crippen molar-refractivity contribution in [2.45, 2.75) is 33.3 Å². The van der Waals surface area contributed by atoms with Crippen molar-refractivity contribution in [2.75, 3.05) is 38.2 Å². The Labute approximate surface area is 125 Å². The monoisotopic (exact) mass is 299 g/mol. The van der Waals surface area contributed by atoms with Gasteiger partial charge in [0.05, 0.1) is 16.7 Å². The number of thiophene rings is 1. The second-order valence-corrected chi connectivity index (χ2v) is 6.33. The molecule has 5 nitrogen and oxygen atoms in total. The number of hydrogen-bond donors (Lipinski definition) is 2. The van der Waals surface area contributed by atoms with Crippen LogP contribution >= 0.6 is 11.3 Å². The molecule has 1 aromatic heterocycles. The number of nitrogens with two attached hydrogens (primary N) is 1. The van der Waals surface area contributed by atoms with E-state index in [4.69, 9.17) is 10.5 Å². The molecule has 0 aliphatic heterocycles. The Bertz CT molecular complexity index is 456. The molecule has 0 unspecified atom stereocenters. The first-order valence-electron chi connectivity index (χ1n) is 6.81. The lowest BCUT2D eigenvalue weighted by atomic mass is 10.3. The number of ketones is 1. The number of carbonyl (C=O) groups is 1. The van der Waals surface area contributed by atoms with Gasteiger partial charge in [0.1, 0.15) is 5.00 Å². The fourth-order valence-corrected chi connectivity index (χ4v) is 2.73. The predicted octanol–water partition coefficient (Wildman–Crippen LogP) is 2.68. The van der Waals surface area contributed by atoms with Gasteiger partial charge in [0.25, 0.3) is 0 Å². The molecule has 0 atom stereocenters. The fourth-order valence-electron chi connectivity index (χ4n) is 1.76. The molecule has 0 saturated carbocycles. The van der Waals surface area contributed by atoms with E-state index in [1.165, 1.54) is 18.3 Å². The summed E-state index contributed by atoms with van der Waals surface area (Å²) in [6.45, 7) is 7.25. The van der Waals surface area contributed by atoms with Gasteiger partial charge in [-0.15, -0.1) is 11.3 Å². The van der Waals surface area contributed by atoms with E-state index in [2.05, 4.69) is 10.2 Å². The zero-order chi connectivity index (χ0) is 15.3. The molecule has 1 aromatic rings. The first-order valence-corrected chi connectivity index (χ1v) is 7.63. The molecular weight excluding hydrogens is 274 g/mol. The van der Waals surface area contributed by atoms with Gasteiger partial charge in [-0.05, 0) is 40.9 Å². The fraction of sp³-hybridized carbons (Fsp3) is 0.643. The predicted molar refractivity (Wildman–Crippen MR) is 86.2 cm³/mol. The van der Waals surface area contributed by atoms with E-state index in [0.29, 0.717) is 16.3 Å². The summed E-state index contributed by atoms with van der Waals surface area (Å²) in [6.07, 6.45) is 1.04. The number of anilines is 2. The molecule has 3 N–H and O–H groups in total.